The standard InChI is InChI=1S/C10H12ClNO3S/c11-10(13)8-12-16(14,15)7-6-9-4-2-1-3-5-9/h1-5,12H,6-8H2. The zero-order chi connectivity index (χ0) is 12.0. The first kappa shape index (κ1) is 13.2. The van der Waals surface area contributed by atoms with E-state index in [1.54, 1.807) is 0 Å². The molecule has 6 heteroatoms. The van der Waals surface area contributed by atoms with Gasteiger partial charge >= 0.3 is 0 Å². The summed E-state index contributed by atoms with van der Waals surface area (Å²) in [6.07, 6.45) is 0.409. The second kappa shape index (κ2) is 5.98. The molecule has 1 aromatic rings. The molecule has 0 aliphatic heterocycles. The zero-order valence-corrected chi connectivity index (χ0v) is 10.1. The number of carbonyl (C=O) groups excluding carboxylic acids is 1. The molecular formula is C10H12ClNO3S. The van der Waals surface area contributed by atoms with Gasteiger partial charge in [0.2, 0.25) is 15.3 Å². The van der Waals surface area contributed by atoms with Crippen molar-refractivity contribution in [3.05, 3.63) is 35.9 Å². The molecule has 0 fully saturated rings. The van der Waals surface area contributed by atoms with Crippen molar-refractivity contribution in [3.63, 3.8) is 0 Å². The number of rotatable bonds is 6. The van der Waals surface area contributed by atoms with E-state index in [4.69, 9.17) is 11.6 Å². The van der Waals surface area contributed by atoms with Crippen LogP contribution in [0.1, 0.15) is 5.56 Å². The van der Waals surface area contributed by atoms with E-state index in [0.29, 0.717) is 6.42 Å². The lowest BCUT2D eigenvalue weighted by molar-refractivity contribution is -0.110. The highest BCUT2D eigenvalue weighted by atomic mass is 35.5. The van der Waals surface area contributed by atoms with E-state index in [-0.39, 0.29) is 12.3 Å². The Hall–Kier alpha value is -0.910. The molecule has 1 N–H and O–H groups in total. The molecule has 0 spiro atoms. The Labute approximate surface area is 99.7 Å². The molecule has 0 saturated carbocycles. The molecule has 0 aliphatic carbocycles. The number of hydrogen-bond donors (Lipinski definition) is 1. The average molecular weight is 262 g/mol. The van der Waals surface area contributed by atoms with Crippen LogP contribution in [0, 0.1) is 0 Å². The van der Waals surface area contributed by atoms with Crippen LogP contribution in [0.3, 0.4) is 0 Å². The van der Waals surface area contributed by atoms with Crippen molar-refractivity contribution in [2.24, 2.45) is 0 Å². The van der Waals surface area contributed by atoms with Crippen molar-refractivity contribution < 1.29 is 13.2 Å². The fraction of sp³-hybridized carbons (Fsp3) is 0.300. The van der Waals surface area contributed by atoms with Crippen molar-refractivity contribution in [1.82, 2.24) is 4.72 Å². The van der Waals surface area contributed by atoms with E-state index in [1.807, 2.05) is 30.3 Å². The second-order valence-corrected chi connectivity index (χ2v) is 5.58. The van der Waals surface area contributed by atoms with Crippen LogP contribution in [-0.4, -0.2) is 26.0 Å². The van der Waals surface area contributed by atoms with Crippen LogP contribution in [-0.2, 0) is 21.2 Å². The first-order valence-corrected chi connectivity index (χ1v) is 6.72. The fourth-order valence-corrected chi connectivity index (χ4v) is 2.28. The minimum Gasteiger partial charge on any atom is -0.280 e. The summed E-state index contributed by atoms with van der Waals surface area (Å²) in [6, 6.07) is 9.25. The van der Waals surface area contributed by atoms with Gasteiger partial charge in [0, 0.05) is 0 Å². The molecule has 0 aliphatic rings. The number of sulfonamides is 1. The first-order valence-electron chi connectivity index (χ1n) is 4.69. The number of hydrogen-bond acceptors (Lipinski definition) is 3. The van der Waals surface area contributed by atoms with Gasteiger partial charge in [0.1, 0.15) is 0 Å². The average Bonchev–Trinajstić information content (AvgIpc) is 2.26. The smallest absolute Gasteiger partial charge is 0.236 e. The van der Waals surface area contributed by atoms with Gasteiger partial charge in [0.15, 0.2) is 0 Å². The van der Waals surface area contributed by atoms with Crippen molar-refractivity contribution in [2.75, 3.05) is 12.3 Å². The summed E-state index contributed by atoms with van der Waals surface area (Å²) in [5.41, 5.74) is 0.935. The van der Waals surface area contributed by atoms with Gasteiger partial charge in [-0.15, -0.1) is 0 Å². The molecule has 88 valence electrons. The van der Waals surface area contributed by atoms with Crippen molar-refractivity contribution >= 4 is 26.9 Å². The maximum atomic E-state index is 11.4. The van der Waals surface area contributed by atoms with Gasteiger partial charge in [-0.1, -0.05) is 30.3 Å². The monoisotopic (exact) mass is 261 g/mol. The van der Waals surface area contributed by atoms with Gasteiger partial charge in [-0.05, 0) is 23.6 Å². The van der Waals surface area contributed by atoms with Crippen LogP contribution in [0.15, 0.2) is 30.3 Å². The van der Waals surface area contributed by atoms with Gasteiger partial charge in [-0.2, -0.15) is 0 Å². The topological polar surface area (TPSA) is 63.2 Å². The summed E-state index contributed by atoms with van der Waals surface area (Å²) in [6.45, 7) is -0.362. The molecule has 0 radical (unpaired) electrons. The van der Waals surface area contributed by atoms with Crippen molar-refractivity contribution in [1.29, 1.82) is 0 Å². The molecule has 1 rings (SSSR count). The van der Waals surface area contributed by atoms with Crippen molar-refractivity contribution in [2.45, 2.75) is 6.42 Å². The van der Waals surface area contributed by atoms with Crippen LogP contribution in [0.2, 0.25) is 0 Å². The normalized spacial score (nSPS) is 11.3. The Morgan fingerprint density at radius 1 is 1.25 bits per heavy atom. The number of aryl methyl sites for hydroxylation is 1. The molecule has 0 amide bonds. The Morgan fingerprint density at radius 2 is 1.88 bits per heavy atom. The van der Waals surface area contributed by atoms with E-state index in [0.717, 1.165) is 5.56 Å². The van der Waals surface area contributed by atoms with E-state index in [1.165, 1.54) is 0 Å². The quantitative estimate of drug-likeness (QED) is 0.775. The van der Waals surface area contributed by atoms with Crippen molar-refractivity contribution in [3.8, 4) is 0 Å². The van der Waals surface area contributed by atoms with Gasteiger partial charge < -0.3 is 0 Å². The third kappa shape index (κ3) is 5.25. The predicted octanol–water partition coefficient (Wildman–Crippen LogP) is 0.914. The lowest BCUT2D eigenvalue weighted by atomic mass is 10.2. The fourth-order valence-electron chi connectivity index (χ4n) is 1.14. The SMILES string of the molecule is O=C(Cl)CNS(=O)(=O)CCc1ccccc1. The molecule has 0 unspecified atom stereocenters. The summed E-state index contributed by atoms with van der Waals surface area (Å²) in [5.74, 6) is -0.0544. The Kier molecular flexibility index (Phi) is 4.92. The minimum atomic E-state index is -3.43. The van der Waals surface area contributed by atoms with E-state index < -0.39 is 15.3 Å². The summed E-state index contributed by atoms with van der Waals surface area (Å²) < 4.78 is 24.9. The van der Waals surface area contributed by atoms with Gasteiger partial charge in [-0.25, -0.2) is 13.1 Å². The highest BCUT2D eigenvalue weighted by Gasteiger charge is 2.11. The van der Waals surface area contributed by atoms with E-state index in [2.05, 4.69) is 4.72 Å². The highest BCUT2D eigenvalue weighted by molar-refractivity contribution is 7.89. The van der Waals surface area contributed by atoms with E-state index in [9.17, 15) is 13.2 Å². The predicted molar refractivity (Wildman–Crippen MR) is 62.8 cm³/mol. The zero-order valence-electron chi connectivity index (χ0n) is 8.52. The Balaban J connectivity index is 2.45. The van der Waals surface area contributed by atoms with Crippen LogP contribution >= 0.6 is 11.6 Å². The van der Waals surface area contributed by atoms with Crippen LogP contribution in [0.4, 0.5) is 0 Å². The molecule has 0 aromatic heterocycles. The first-order chi connectivity index (χ1) is 7.49. The maximum Gasteiger partial charge on any atom is 0.236 e. The molecule has 0 bridgehead atoms. The maximum absolute atomic E-state index is 11.4. The summed E-state index contributed by atoms with van der Waals surface area (Å²) in [4.78, 5) is 10.4. The molecule has 0 saturated heterocycles. The van der Waals surface area contributed by atoms with Crippen LogP contribution in [0.25, 0.3) is 0 Å². The largest absolute Gasteiger partial charge is 0.280 e. The number of nitrogens with one attached hydrogen (secondary N) is 1. The minimum absolute atomic E-state index is 0.0544. The highest BCUT2D eigenvalue weighted by Crippen LogP contribution is 2.01. The molecule has 0 atom stereocenters. The number of benzene rings is 1. The van der Waals surface area contributed by atoms with Crippen LogP contribution in [0.5, 0.6) is 0 Å². The molecule has 16 heavy (non-hydrogen) atoms. The van der Waals surface area contributed by atoms with Gasteiger partial charge in [0.25, 0.3) is 0 Å². The molecule has 4 nitrogen and oxygen atoms in total. The second-order valence-electron chi connectivity index (χ2n) is 3.23. The molecular weight excluding hydrogens is 250 g/mol. The van der Waals surface area contributed by atoms with Gasteiger partial charge in [0.05, 0.1) is 12.3 Å². The summed E-state index contributed by atoms with van der Waals surface area (Å²) in [5, 5.41) is -0.719. The Bertz CT molecular complexity index is 444. The third-order valence-corrected chi connectivity index (χ3v) is 3.39. The lowest BCUT2D eigenvalue weighted by Gasteiger charge is -2.04. The van der Waals surface area contributed by atoms with E-state index >= 15 is 0 Å². The Morgan fingerprint density at radius 3 is 2.44 bits per heavy atom. The molecule has 0 heterocycles. The van der Waals surface area contributed by atoms with Crippen LogP contribution < -0.4 is 4.72 Å². The lowest BCUT2D eigenvalue weighted by Crippen LogP contribution is -2.30. The third-order valence-electron chi connectivity index (χ3n) is 1.93. The number of halogens is 1. The summed E-state index contributed by atoms with van der Waals surface area (Å²) in [7, 11) is -3.43. The van der Waals surface area contributed by atoms with Gasteiger partial charge in [-0.3, -0.25) is 4.79 Å². The summed E-state index contributed by atoms with van der Waals surface area (Å²) >= 11 is 5.04. The molecule has 1 aromatic carbocycles. The number of carbonyl (C=O) groups is 1.